The largest absolute Gasteiger partial charge is 0.507 e. The highest BCUT2D eigenvalue weighted by molar-refractivity contribution is 5.90. The summed E-state index contributed by atoms with van der Waals surface area (Å²) in [5.41, 5.74) is 4.09. The van der Waals surface area contributed by atoms with E-state index in [2.05, 4.69) is 67.6 Å². The van der Waals surface area contributed by atoms with Crippen LogP contribution in [-0.2, 0) is 5.41 Å². The second-order valence-corrected chi connectivity index (χ2v) is 7.28. The van der Waals surface area contributed by atoms with Gasteiger partial charge in [-0.15, -0.1) is 0 Å². The quantitative estimate of drug-likeness (QED) is 0.645. The lowest BCUT2D eigenvalue weighted by atomic mass is 9.93. The van der Waals surface area contributed by atoms with Gasteiger partial charge in [-0.2, -0.15) is 0 Å². The van der Waals surface area contributed by atoms with Crippen molar-refractivity contribution in [1.82, 2.24) is 0 Å². The van der Waals surface area contributed by atoms with Gasteiger partial charge in [-0.25, -0.2) is 4.79 Å². The van der Waals surface area contributed by atoms with Gasteiger partial charge in [0.25, 0.3) is 0 Å². The van der Waals surface area contributed by atoms with Crippen molar-refractivity contribution >= 4 is 5.97 Å². The SMILES string of the molecule is CC1(c2ccccc2)CC1c1ccccc1.Cc1ccc(O)c(C(=O)O)c1. The first-order valence-corrected chi connectivity index (χ1v) is 9.05. The summed E-state index contributed by atoms with van der Waals surface area (Å²) in [6.45, 7) is 4.14. The van der Waals surface area contributed by atoms with Gasteiger partial charge in [-0.05, 0) is 47.9 Å². The molecule has 1 aliphatic rings. The number of carboxylic acid groups (broad SMARTS) is 1. The molecule has 3 aromatic carbocycles. The highest BCUT2D eigenvalue weighted by atomic mass is 16.4. The molecule has 0 spiro atoms. The lowest BCUT2D eigenvalue weighted by Crippen LogP contribution is -2.03. The Morgan fingerprint density at radius 1 is 0.963 bits per heavy atom. The summed E-state index contributed by atoms with van der Waals surface area (Å²) in [5, 5.41) is 17.6. The number of carboxylic acids is 1. The predicted molar refractivity (Wildman–Crippen MR) is 107 cm³/mol. The molecule has 1 aliphatic carbocycles. The number of benzene rings is 3. The molecular formula is C24H24O3. The third-order valence-corrected chi connectivity index (χ3v) is 5.25. The highest BCUT2D eigenvalue weighted by Gasteiger charge is 2.51. The first-order chi connectivity index (χ1) is 12.9. The van der Waals surface area contributed by atoms with Crippen LogP contribution >= 0.6 is 0 Å². The number of rotatable bonds is 3. The van der Waals surface area contributed by atoms with Crippen molar-refractivity contribution in [3.8, 4) is 5.75 Å². The van der Waals surface area contributed by atoms with Crippen LogP contribution in [0.3, 0.4) is 0 Å². The molecule has 0 radical (unpaired) electrons. The van der Waals surface area contributed by atoms with Gasteiger partial charge in [0.05, 0.1) is 0 Å². The smallest absolute Gasteiger partial charge is 0.339 e. The first-order valence-electron chi connectivity index (χ1n) is 9.05. The summed E-state index contributed by atoms with van der Waals surface area (Å²) < 4.78 is 0. The second kappa shape index (κ2) is 7.67. The van der Waals surface area contributed by atoms with E-state index in [4.69, 9.17) is 10.2 Å². The van der Waals surface area contributed by atoms with Gasteiger partial charge in [0.1, 0.15) is 11.3 Å². The van der Waals surface area contributed by atoms with E-state index in [0.717, 1.165) is 5.56 Å². The summed E-state index contributed by atoms with van der Waals surface area (Å²) in [4.78, 5) is 10.4. The maximum atomic E-state index is 10.4. The van der Waals surface area contributed by atoms with Gasteiger partial charge in [-0.3, -0.25) is 0 Å². The van der Waals surface area contributed by atoms with Crippen molar-refractivity contribution < 1.29 is 15.0 Å². The monoisotopic (exact) mass is 360 g/mol. The first kappa shape index (κ1) is 18.7. The van der Waals surface area contributed by atoms with Gasteiger partial charge in [0.15, 0.2) is 0 Å². The topological polar surface area (TPSA) is 57.5 Å². The van der Waals surface area contributed by atoms with Crippen molar-refractivity contribution in [2.24, 2.45) is 0 Å². The highest BCUT2D eigenvalue weighted by Crippen LogP contribution is 2.59. The van der Waals surface area contributed by atoms with Crippen molar-refractivity contribution in [2.75, 3.05) is 0 Å². The Hall–Kier alpha value is -3.07. The fourth-order valence-electron chi connectivity index (χ4n) is 3.50. The summed E-state index contributed by atoms with van der Waals surface area (Å²) in [5.74, 6) is -0.592. The molecule has 2 N–H and O–H groups in total. The normalized spacial score (nSPS) is 20.3. The van der Waals surface area contributed by atoms with E-state index in [0.29, 0.717) is 11.3 Å². The molecule has 0 aliphatic heterocycles. The number of aromatic carboxylic acids is 1. The molecule has 3 heteroatoms. The number of phenols is 1. The van der Waals surface area contributed by atoms with Crippen LogP contribution in [0.15, 0.2) is 78.9 Å². The van der Waals surface area contributed by atoms with Crippen LogP contribution in [0.1, 0.15) is 46.3 Å². The molecular weight excluding hydrogens is 336 g/mol. The van der Waals surface area contributed by atoms with Crippen molar-refractivity contribution in [1.29, 1.82) is 0 Å². The number of hydrogen-bond acceptors (Lipinski definition) is 2. The maximum absolute atomic E-state index is 10.4. The van der Waals surface area contributed by atoms with Crippen LogP contribution in [0.2, 0.25) is 0 Å². The van der Waals surface area contributed by atoms with E-state index in [1.807, 2.05) is 0 Å². The minimum absolute atomic E-state index is 0.0509. The van der Waals surface area contributed by atoms with Crippen LogP contribution in [0, 0.1) is 6.92 Å². The molecule has 0 bridgehead atoms. The molecule has 0 amide bonds. The van der Waals surface area contributed by atoms with Crippen LogP contribution in [0.4, 0.5) is 0 Å². The van der Waals surface area contributed by atoms with Crippen LogP contribution in [0.25, 0.3) is 0 Å². The maximum Gasteiger partial charge on any atom is 0.339 e. The molecule has 1 saturated carbocycles. The molecule has 3 aromatic rings. The lowest BCUT2D eigenvalue weighted by Gasteiger charge is -2.11. The molecule has 2 unspecified atom stereocenters. The average molecular weight is 360 g/mol. The minimum atomic E-state index is -1.11. The van der Waals surface area contributed by atoms with Crippen molar-refractivity contribution in [2.45, 2.75) is 31.6 Å². The summed E-state index contributed by atoms with van der Waals surface area (Å²) in [7, 11) is 0. The Labute approximate surface area is 159 Å². The number of carbonyl (C=O) groups is 1. The van der Waals surface area contributed by atoms with E-state index in [1.165, 1.54) is 29.7 Å². The predicted octanol–water partition coefficient (Wildman–Crippen LogP) is 5.53. The molecule has 4 rings (SSSR count). The fraction of sp³-hybridized carbons (Fsp3) is 0.208. The van der Waals surface area contributed by atoms with Crippen LogP contribution < -0.4 is 0 Å². The molecule has 27 heavy (non-hydrogen) atoms. The molecule has 0 heterocycles. The van der Waals surface area contributed by atoms with E-state index in [-0.39, 0.29) is 11.3 Å². The van der Waals surface area contributed by atoms with Crippen LogP contribution in [-0.4, -0.2) is 16.2 Å². The van der Waals surface area contributed by atoms with Gasteiger partial charge < -0.3 is 10.2 Å². The number of hydrogen-bond donors (Lipinski definition) is 2. The minimum Gasteiger partial charge on any atom is -0.507 e. The van der Waals surface area contributed by atoms with Gasteiger partial charge in [0.2, 0.25) is 0 Å². The summed E-state index contributed by atoms with van der Waals surface area (Å²) >= 11 is 0. The number of aromatic hydroxyl groups is 1. The summed E-state index contributed by atoms with van der Waals surface area (Å²) in [6, 6.07) is 26.2. The summed E-state index contributed by atoms with van der Waals surface area (Å²) in [6.07, 6.45) is 1.28. The fourth-order valence-corrected chi connectivity index (χ4v) is 3.50. The van der Waals surface area contributed by atoms with E-state index < -0.39 is 5.97 Å². The molecule has 3 nitrogen and oxygen atoms in total. The van der Waals surface area contributed by atoms with E-state index >= 15 is 0 Å². The standard InChI is InChI=1S/C16H16.C8H8O3/c1-16(14-10-6-3-7-11-14)12-15(16)13-8-4-2-5-9-13;1-5-2-3-7(9)6(4-5)8(10)11/h2-11,15H,12H2,1H3;2-4,9H,1H3,(H,10,11). The third-order valence-electron chi connectivity index (χ3n) is 5.25. The van der Waals surface area contributed by atoms with E-state index in [1.54, 1.807) is 13.0 Å². The second-order valence-electron chi connectivity index (χ2n) is 7.28. The molecule has 138 valence electrons. The zero-order valence-corrected chi connectivity index (χ0v) is 15.6. The Morgan fingerprint density at radius 2 is 1.56 bits per heavy atom. The van der Waals surface area contributed by atoms with E-state index in [9.17, 15) is 4.79 Å². The van der Waals surface area contributed by atoms with Gasteiger partial charge in [-0.1, -0.05) is 79.2 Å². The van der Waals surface area contributed by atoms with Crippen LogP contribution in [0.5, 0.6) is 5.75 Å². The number of aryl methyl sites for hydroxylation is 1. The molecule has 1 fully saturated rings. The zero-order chi connectivity index (χ0) is 19.4. The molecule has 0 aromatic heterocycles. The van der Waals surface area contributed by atoms with Gasteiger partial charge in [0, 0.05) is 0 Å². The Kier molecular flexibility index (Phi) is 5.31. The Balaban J connectivity index is 0.000000168. The molecule has 2 atom stereocenters. The molecule has 0 saturated heterocycles. The zero-order valence-electron chi connectivity index (χ0n) is 15.6. The van der Waals surface area contributed by atoms with Crippen molar-refractivity contribution in [3.63, 3.8) is 0 Å². The van der Waals surface area contributed by atoms with Crippen molar-refractivity contribution in [3.05, 3.63) is 101 Å². The lowest BCUT2D eigenvalue weighted by molar-refractivity contribution is 0.0693. The van der Waals surface area contributed by atoms with Gasteiger partial charge >= 0.3 is 5.97 Å². The Morgan fingerprint density at radius 3 is 2.11 bits per heavy atom. The third kappa shape index (κ3) is 4.20. The average Bonchev–Trinajstić information content (AvgIpc) is 3.39. The Bertz CT molecular complexity index is 919.